The summed E-state index contributed by atoms with van der Waals surface area (Å²) in [6.45, 7) is 0.232. The Hall–Kier alpha value is -1.67. The van der Waals surface area contributed by atoms with Gasteiger partial charge in [0.15, 0.2) is 15.7 Å². The highest BCUT2D eigenvalue weighted by atomic mass is 35.5. The number of hydrogen-bond acceptors (Lipinski definition) is 6. The number of nitrogen functional groups attached to an aromatic ring is 1. The van der Waals surface area contributed by atoms with Gasteiger partial charge in [-0.3, -0.25) is 0 Å². The van der Waals surface area contributed by atoms with Crippen molar-refractivity contribution in [2.75, 3.05) is 11.5 Å². The molecular formula is C12H14ClN5O2S. The van der Waals surface area contributed by atoms with Gasteiger partial charge in [0.2, 0.25) is 0 Å². The zero-order valence-electron chi connectivity index (χ0n) is 11.1. The van der Waals surface area contributed by atoms with E-state index >= 15 is 0 Å². The van der Waals surface area contributed by atoms with Crippen LogP contribution in [0.25, 0.3) is 11.4 Å². The van der Waals surface area contributed by atoms with Crippen LogP contribution in [0.3, 0.4) is 0 Å². The van der Waals surface area contributed by atoms with Crippen molar-refractivity contribution in [1.82, 2.24) is 20.2 Å². The molecule has 1 aliphatic rings. The SMILES string of the molecule is Nc1ccc(Cl)c(-c2nnnn2CC2CCCS2(=O)=O)c1. The fourth-order valence-electron chi connectivity index (χ4n) is 2.49. The summed E-state index contributed by atoms with van der Waals surface area (Å²) in [7, 11) is -3.05. The van der Waals surface area contributed by atoms with Crippen molar-refractivity contribution in [2.45, 2.75) is 24.6 Å². The molecule has 1 atom stereocenters. The molecule has 0 radical (unpaired) electrons. The largest absolute Gasteiger partial charge is 0.399 e. The summed E-state index contributed by atoms with van der Waals surface area (Å²) >= 11 is 6.15. The van der Waals surface area contributed by atoms with Gasteiger partial charge < -0.3 is 5.73 Å². The molecule has 2 heterocycles. The summed E-state index contributed by atoms with van der Waals surface area (Å²) in [5.74, 6) is 0.656. The van der Waals surface area contributed by atoms with Crippen LogP contribution in [0, 0.1) is 0 Å². The molecule has 1 saturated heterocycles. The molecule has 0 bridgehead atoms. The third-order valence-electron chi connectivity index (χ3n) is 3.60. The van der Waals surface area contributed by atoms with Crippen LogP contribution < -0.4 is 5.73 Å². The second-order valence-corrected chi connectivity index (χ2v) is 7.86. The number of nitrogens with two attached hydrogens (primary N) is 1. The second kappa shape index (κ2) is 5.27. The molecule has 3 rings (SSSR count). The van der Waals surface area contributed by atoms with Gasteiger partial charge in [0, 0.05) is 11.3 Å². The number of aromatic nitrogens is 4. The van der Waals surface area contributed by atoms with Crippen LogP contribution in [0.1, 0.15) is 12.8 Å². The number of benzene rings is 1. The lowest BCUT2D eigenvalue weighted by atomic mass is 10.2. The van der Waals surface area contributed by atoms with Gasteiger partial charge in [0.05, 0.1) is 22.6 Å². The number of anilines is 1. The summed E-state index contributed by atoms with van der Waals surface area (Å²) in [5, 5.41) is 11.5. The van der Waals surface area contributed by atoms with E-state index in [1.807, 2.05) is 0 Å². The summed E-state index contributed by atoms with van der Waals surface area (Å²) in [4.78, 5) is 0. The topological polar surface area (TPSA) is 104 Å². The van der Waals surface area contributed by atoms with Crippen LogP contribution in [0.15, 0.2) is 18.2 Å². The van der Waals surface area contributed by atoms with Gasteiger partial charge in [-0.25, -0.2) is 13.1 Å². The molecular weight excluding hydrogens is 314 g/mol. The average Bonchev–Trinajstić information content (AvgIpc) is 3.00. The quantitative estimate of drug-likeness (QED) is 0.848. The summed E-state index contributed by atoms with van der Waals surface area (Å²) in [6, 6.07) is 5.02. The van der Waals surface area contributed by atoms with Crippen molar-refractivity contribution < 1.29 is 8.42 Å². The van der Waals surface area contributed by atoms with Gasteiger partial charge in [-0.2, -0.15) is 0 Å². The van der Waals surface area contributed by atoms with Gasteiger partial charge >= 0.3 is 0 Å². The van der Waals surface area contributed by atoms with E-state index < -0.39 is 15.1 Å². The summed E-state index contributed by atoms with van der Waals surface area (Å²) in [6.07, 6.45) is 1.32. The van der Waals surface area contributed by atoms with Crippen LogP contribution in [0.4, 0.5) is 5.69 Å². The molecule has 0 aliphatic carbocycles. The Bertz CT molecular complexity index is 774. The molecule has 1 fully saturated rings. The minimum atomic E-state index is -3.05. The molecule has 1 aromatic carbocycles. The molecule has 0 spiro atoms. The minimum Gasteiger partial charge on any atom is -0.399 e. The van der Waals surface area contributed by atoms with Gasteiger partial charge in [-0.15, -0.1) is 5.10 Å². The van der Waals surface area contributed by atoms with E-state index in [4.69, 9.17) is 17.3 Å². The summed E-state index contributed by atoms with van der Waals surface area (Å²) < 4.78 is 25.3. The third-order valence-corrected chi connectivity index (χ3v) is 6.19. The number of tetrazole rings is 1. The van der Waals surface area contributed by atoms with Crippen molar-refractivity contribution in [1.29, 1.82) is 0 Å². The van der Waals surface area contributed by atoms with Crippen LogP contribution in [0.5, 0.6) is 0 Å². The highest BCUT2D eigenvalue weighted by molar-refractivity contribution is 7.92. The van der Waals surface area contributed by atoms with E-state index in [2.05, 4.69) is 15.5 Å². The maximum Gasteiger partial charge on any atom is 0.183 e. The predicted molar refractivity (Wildman–Crippen MR) is 79.5 cm³/mol. The zero-order chi connectivity index (χ0) is 15.0. The van der Waals surface area contributed by atoms with Gasteiger partial charge in [0.25, 0.3) is 0 Å². The van der Waals surface area contributed by atoms with Crippen molar-refractivity contribution in [3.05, 3.63) is 23.2 Å². The fraction of sp³-hybridized carbons (Fsp3) is 0.417. The molecule has 21 heavy (non-hydrogen) atoms. The fourth-order valence-corrected chi connectivity index (χ4v) is 4.49. The van der Waals surface area contributed by atoms with Crippen LogP contribution in [0.2, 0.25) is 5.02 Å². The van der Waals surface area contributed by atoms with E-state index in [1.54, 1.807) is 18.2 Å². The Balaban J connectivity index is 1.96. The van der Waals surface area contributed by atoms with Crippen LogP contribution >= 0.6 is 11.6 Å². The highest BCUT2D eigenvalue weighted by Crippen LogP contribution is 2.29. The van der Waals surface area contributed by atoms with Gasteiger partial charge in [-0.1, -0.05) is 11.6 Å². The first-order valence-corrected chi connectivity index (χ1v) is 8.60. The van der Waals surface area contributed by atoms with Crippen molar-refractivity contribution in [2.24, 2.45) is 0 Å². The number of halogens is 1. The molecule has 2 N–H and O–H groups in total. The molecule has 1 aliphatic heterocycles. The van der Waals surface area contributed by atoms with Gasteiger partial charge in [-0.05, 0) is 41.5 Å². The van der Waals surface area contributed by atoms with Gasteiger partial charge in [0.1, 0.15) is 0 Å². The lowest BCUT2D eigenvalue weighted by Crippen LogP contribution is -2.23. The van der Waals surface area contributed by atoms with Crippen molar-refractivity contribution >= 4 is 27.1 Å². The molecule has 0 amide bonds. The van der Waals surface area contributed by atoms with Crippen molar-refractivity contribution in [3.8, 4) is 11.4 Å². The predicted octanol–water partition coefficient (Wildman–Crippen LogP) is 1.15. The van der Waals surface area contributed by atoms with E-state index in [0.717, 1.165) is 0 Å². The van der Waals surface area contributed by atoms with Crippen LogP contribution in [-0.2, 0) is 16.4 Å². The monoisotopic (exact) mass is 327 g/mol. The minimum absolute atomic E-state index is 0.230. The Morgan fingerprint density at radius 3 is 2.95 bits per heavy atom. The molecule has 2 aromatic rings. The maximum absolute atomic E-state index is 11.9. The Morgan fingerprint density at radius 2 is 2.24 bits per heavy atom. The van der Waals surface area contributed by atoms with Crippen LogP contribution in [-0.4, -0.2) is 39.6 Å². The second-order valence-electron chi connectivity index (χ2n) is 5.06. The standard InChI is InChI=1S/C12H14ClN5O2S/c13-11-4-3-8(14)6-10(11)12-15-16-17-18(12)7-9-2-1-5-21(9,19)20/h3-4,6,9H,1-2,5,7,14H2. The Kier molecular flexibility index (Phi) is 3.58. The molecule has 7 nitrogen and oxygen atoms in total. The number of rotatable bonds is 3. The third kappa shape index (κ3) is 2.73. The highest BCUT2D eigenvalue weighted by Gasteiger charge is 2.32. The van der Waals surface area contributed by atoms with E-state index in [1.165, 1.54) is 4.68 Å². The average molecular weight is 328 g/mol. The van der Waals surface area contributed by atoms with Crippen molar-refractivity contribution in [3.63, 3.8) is 0 Å². The smallest absolute Gasteiger partial charge is 0.183 e. The molecule has 9 heteroatoms. The molecule has 1 aromatic heterocycles. The first-order chi connectivity index (χ1) is 9.97. The molecule has 0 saturated carbocycles. The number of hydrogen-bond donors (Lipinski definition) is 1. The van der Waals surface area contributed by atoms with E-state index in [-0.39, 0.29) is 12.3 Å². The zero-order valence-corrected chi connectivity index (χ0v) is 12.7. The Morgan fingerprint density at radius 1 is 1.43 bits per heavy atom. The van der Waals surface area contributed by atoms with E-state index in [9.17, 15) is 8.42 Å². The molecule has 112 valence electrons. The number of sulfone groups is 1. The lowest BCUT2D eigenvalue weighted by molar-refractivity contribution is 0.534. The maximum atomic E-state index is 11.9. The first-order valence-electron chi connectivity index (χ1n) is 6.50. The normalized spacial score (nSPS) is 20.7. The Labute approximate surface area is 127 Å². The lowest BCUT2D eigenvalue weighted by Gasteiger charge is -2.11. The van der Waals surface area contributed by atoms with E-state index in [0.29, 0.717) is 34.9 Å². The summed E-state index contributed by atoms with van der Waals surface area (Å²) in [5.41, 5.74) is 6.89. The first kappa shape index (κ1) is 14.3. The molecule has 1 unspecified atom stereocenters. The number of nitrogens with zero attached hydrogens (tertiary/aromatic N) is 4.